The van der Waals surface area contributed by atoms with Gasteiger partial charge in [0.05, 0.1) is 0 Å². The van der Waals surface area contributed by atoms with Crippen molar-refractivity contribution in [3.63, 3.8) is 0 Å². The normalized spacial score (nSPS) is 12.8. The molecule has 0 saturated carbocycles. The van der Waals surface area contributed by atoms with Crippen molar-refractivity contribution >= 4 is 17.9 Å². The fraction of sp³-hybridized carbons (Fsp3) is 0.685. The molecule has 1 atom stereocenters. The molecule has 0 aliphatic carbocycles. The van der Waals surface area contributed by atoms with E-state index in [-0.39, 0.29) is 31.1 Å². The van der Waals surface area contributed by atoms with Crippen LogP contribution in [0.3, 0.4) is 0 Å². The van der Waals surface area contributed by atoms with Crippen LogP contribution in [0.15, 0.2) is 85.1 Å². The van der Waals surface area contributed by atoms with Crippen molar-refractivity contribution in [1.82, 2.24) is 0 Å². The maximum atomic E-state index is 12.8. The van der Waals surface area contributed by atoms with E-state index in [0.717, 1.165) is 109 Å². The molecule has 0 rings (SSSR count). The molecule has 0 fully saturated rings. The molecule has 6 heteroatoms. The molecular weight excluding hydrogens is 745 g/mol. The van der Waals surface area contributed by atoms with Gasteiger partial charge < -0.3 is 14.2 Å². The second-order valence-electron chi connectivity index (χ2n) is 16.1. The highest BCUT2D eigenvalue weighted by Gasteiger charge is 2.19. The minimum Gasteiger partial charge on any atom is -0.462 e. The molecule has 0 bridgehead atoms. The summed E-state index contributed by atoms with van der Waals surface area (Å²) in [6.45, 7) is 6.39. The van der Waals surface area contributed by atoms with Gasteiger partial charge in [-0.25, -0.2) is 0 Å². The predicted molar refractivity (Wildman–Crippen MR) is 256 cm³/mol. The zero-order valence-corrected chi connectivity index (χ0v) is 38.9. The van der Waals surface area contributed by atoms with Crippen molar-refractivity contribution in [2.75, 3.05) is 13.2 Å². The third kappa shape index (κ3) is 45.7. The molecule has 0 aromatic rings. The smallest absolute Gasteiger partial charge is 0.306 e. The Morgan fingerprint density at radius 3 is 1.15 bits per heavy atom. The molecule has 0 N–H and O–H groups in total. The van der Waals surface area contributed by atoms with E-state index in [1.165, 1.54) is 70.6 Å². The first-order valence-electron chi connectivity index (χ1n) is 24.7. The van der Waals surface area contributed by atoms with Gasteiger partial charge in [-0.3, -0.25) is 14.4 Å². The molecule has 0 heterocycles. The van der Waals surface area contributed by atoms with Crippen LogP contribution in [0.1, 0.15) is 220 Å². The van der Waals surface area contributed by atoms with E-state index in [2.05, 4.69) is 81.5 Å². The van der Waals surface area contributed by atoms with E-state index >= 15 is 0 Å². The van der Waals surface area contributed by atoms with Gasteiger partial charge in [-0.2, -0.15) is 0 Å². The third-order valence-electron chi connectivity index (χ3n) is 10.2. The van der Waals surface area contributed by atoms with E-state index in [1.807, 2.05) is 24.3 Å². The first-order chi connectivity index (χ1) is 29.5. The first-order valence-corrected chi connectivity index (χ1v) is 24.7. The minimum absolute atomic E-state index is 0.100. The van der Waals surface area contributed by atoms with Crippen LogP contribution in [0.2, 0.25) is 0 Å². The lowest BCUT2D eigenvalue weighted by molar-refractivity contribution is -0.167. The average Bonchev–Trinajstić information content (AvgIpc) is 3.24. The Kier molecular flexibility index (Phi) is 45.5. The lowest BCUT2D eigenvalue weighted by atomic mass is 10.1. The van der Waals surface area contributed by atoms with Crippen LogP contribution in [0.25, 0.3) is 0 Å². The van der Waals surface area contributed by atoms with Gasteiger partial charge in [0, 0.05) is 19.3 Å². The number of carbonyl (C=O) groups is 3. The summed E-state index contributed by atoms with van der Waals surface area (Å²) in [4.78, 5) is 37.9. The number of unbranched alkanes of at least 4 members (excludes halogenated alkanes) is 22. The molecule has 0 aromatic carbocycles. The zero-order chi connectivity index (χ0) is 43.7. The molecule has 0 spiro atoms. The Morgan fingerprint density at radius 2 is 0.683 bits per heavy atom. The fourth-order valence-corrected chi connectivity index (χ4v) is 6.48. The number of carbonyl (C=O) groups excluding carboxylic acids is 3. The Bertz CT molecular complexity index is 1190. The van der Waals surface area contributed by atoms with Crippen LogP contribution in [0, 0.1) is 0 Å². The number of hydrogen-bond acceptors (Lipinski definition) is 6. The Balaban J connectivity index is 4.48. The molecule has 0 saturated heterocycles. The van der Waals surface area contributed by atoms with E-state index in [9.17, 15) is 14.4 Å². The predicted octanol–water partition coefficient (Wildman–Crippen LogP) is 16.0. The van der Waals surface area contributed by atoms with E-state index < -0.39 is 6.10 Å². The lowest BCUT2D eigenvalue weighted by Gasteiger charge is -2.18. The molecular formula is C54H90O6. The standard InChI is InChI=1S/C54H90O6/c1-4-7-10-13-16-19-22-24-26-28-29-32-35-38-41-44-47-53(56)59-50-51(49-58-52(55)46-43-40-37-34-31-21-18-15-12-9-6-3)60-54(57)48-45-42-39-36-33-30-27-25-23-20-17-14-11-8-5-2/h8,11,14-15,17-18,20,23,25-29,32,51H,4-7,9-10,12-13,16,19,21-22,24,30-31,33-50H2,1-3H3/b11-8-,17-14-,18-15-,23-20-,27-25-,28-26-,32-29-. The fourth-order valence-electron chi connectivity index (χ4n) is 6.48. The number of ether oxygens (including phenoxy) is 3. The van der Waals surface area contributed by atoms with Crippen molar-refractivity contribution in [3.8, 4) is 0 Å². The van der Waals surface area contributed by atoms with Crippen LogP contribution >= 0.6 is 0 Å². The molecule has 60 heavy (non-hydrogen) atoms. The topological polar surface area (TPSA) is 78.9 Å². The van der Waals surface area contributed by atoms with Crippen LogP contribution in [-0.2, 0) is 28.6 Å². The molecule has 0 radical (unpaired) electrons. The molecule has 6 nitrogen and oxygen atoms in total. The van der Waals surface area contributed by atoms with Gasteiger partial charge in [0.25, 0.3) is 0 Å². The quantitative estimate of drug-likeness (QED) is 0.0200. The summed E-state index contributed by atoms with van der Waals surface area (Å²) in [6, 6.07) is 0. The summed E-state index contributed by atoms with van der Waals surface area (Å²) >= 11 is 0. The number of esters is 3. The SMILES string of the molecule is CC\C=C/C=C\C=C/C=C\CCCCCCCC(=O)OC(COC(=O)CCCCC/C=C\C=C/CCCCCCCCC)COC(=O)CCCCCCC/C=C\CCCC. The van der Waals surface area contributed by atoms with Crippen molar-refractivity contribution in [1.29, 1.82) is 0 Å². The van der Waals surface area contributed by atoms with Gasteiger partial charge in [-0.15, -0.1) is 0 Å². The van der Waals surface area contributed by atoms with Gasteiger partial charge >= 0.3 is 17.9 Å². The molecule has 1 unspecified atom stereocenters. The average molecular weight is 835 g/mol. The highest BCUT2D eigenvalue weighted by molar-refractivity contribution is 5.71. The van der Waals surface area contributed by atoms with Crippen molar-refractivity contribution in [2.45, 2.75) is 226 Å². The molecule has 0 amide bonds. The third-order valence-corrected chi connectivity index (χ3v) is 10.2. The highest BCUT2D eigenvalue weighted by Crippen LogP contribution is 2.13. The molecule has 0 aliphatic heterocycles. The molecule has 342 valence electrons. The summed E-state index contributed by atoms with van der Waals surface area (Å²) < 4.78 is 16.7. The lowest BCUT2D eigenvalue weighted by Crippen LogP contribution is -2.30. The Labute approximate surface area is 369 Å². The van der Waals surface area contributed by atoms with Crippen LogP contribution < -0.4 is 0 Å². The van der Waals surface area contributed by atoms with Crippen molar-refractivity contribution < 1.29 is 28.6 Å². The number of hydrogen-bond donors (Lipinski definition) is 0. The Morgan fingerprint density at radius 1 is 0.350 bits per heavy atom. The largest absolute Gasteiger partial charge is 0.462 e. The monoisotopic (exact) mass is 835 g/mol. The van der Waals surface area contributed by atoms with E-state index in [0.29, 0.717) is 19.3 Å². The number of allylic oxidation sites excluding steroid dienone is 14. The van der Waals surface area contributed by atoms with Crippen LogP contribution in [-0.4, -0.2) is 37.2 Å². The van der Waals surface area contributed by atoms with Gasteiger partial charge in [-0.05, 0) is 83.5 Å². The summed E-state index contributed by atoms with van der Waals surface area (Å²) in [6.07, 6.45) is 61.3. The highest BCUT2D eigenvalue weighted by atomic mass is 16.6. The maximum Gasteiger partial charge on any atom is 0.306 e. The van der Waals surface area contributed by atoms with E-state index in [1.54, 1.807) is 0 Å². The van der Waals surface area contributed by atoms with Crippen molar-refractivity contribution in [3.05, 3.63) is 85.1 Å². The molecule has 0 aliphatic rings. The first kappa shape index (κ1) is 56.6. The van der Waals surface area contributed by atoms with Gasteiger partial charge in [0.15, 0.2) is 6.10 Å². The Hall–Kier alpha value is -3.41. The van der Waals surface area contributed by atoms with Gasteiger partial charge in [0.2, 0.25) is 0 Å². The summed E-state index contributed by atoms with van der Waals surface area (Å²) in [5.41, 5.74) is 0. The zero-order valence-electron chi connectivity index (χ0n) is 38.9. The van der Waals surface area contributed by atoms with Crippen molar-refractivity contribution in [2.24, 2.45) is 0 Å². The van der Waals surface area contributed by atoms with Gasteiger partial charge in [0.1, 0.15) is 13.2 Å². The second kappa shape index (κ2) is 48.3. The second-order valence-corrected chi connectivity index (χ2v) is 16.1. The summed E-state index contributed by atoms with van der Waals surface area (Å²) in [7, 11) is 0. The maximum absolute atomic E-state index is 12.8. The summed E-state index contributed by atoms with van der Waals surface area (Å²) in [5.74, 6) is -0.964. The number of rotatable bonds is 43. The summed E-state index contributed by atoms with van der Waals surface area (Å²) in [5, 5.41) is 0. The van der Waals surface area contributed by atoms with Crippen LogP contribution in [0.4, 0.5) is 0 Å². The van der Waals surface area contributed by atoms with E-state index in [4.69, 9.17) is 14.2 Å². The molecule has 0 aromatic heterocycles. The minimum atomic E-state index is -0.802. The van der Waals surface area contributed by atoms with Gasteiger partial charge in [-0.1, -0.05) is 202 Å². The van der Waals surface area contributed by atoms with Crippen LogP contribution in [0.5, 0.6) is 0 Å².